The van der Waals surface area contributed by atoms with Crippen molar-refractivity contribution in [2.45, 2.75) is 19.4 Å². The second kappa shape index (κ2) is 10.4. The summed E-state index contributed by atoms with van der Waals surface area (Å²) < 4.78 is 5.84. The molecule has 0 amide bonds. The minimum atomic E-state index is -0.825. The van der Waals surface area contributed by atoms with Gasteiger partial charge in [0.1, 0.15) is 18.7 Å². The van der Waals surface area contributed by atoms with E-state index < -0.39 is 11.9 Å². The molecule has 0 aliphatic carbocycles. The quantitative estimate of drug-likeness (QED) is 0.399. The van der Waals surface area contributed by atoms with Gasteiger partial charge < -0.3 is 9.84 Å². The first-order valence-electron chi connectivity index (χ1n) is 10.5. The first-order valence-corrected chi connectivity index (χ1v) is 10.5. The number of carbonyl (C=O) groups is 1. The number of carboxylic acids is 1. The van der Waals surface area contributed by atoms with Crippen LogP contribution in [0.5, 0.6) is 5.75 Å². The molecule has 0 saturated heterocycles. The number of hydrogen-bond donors (Lipinski definition) is 1. The zero-order valence-corrected chi connectivity index (χ0v) is 17.6. The molecule has 0 unspecified atom stereocenters. The third-order valence-electron chi connectivity index (χ3n) is 5.25. The number of nitrogens with zero attached hydrogens (tertiary/aromatic N) is 2. The van der Waals surface area contributed by atoms with Gasteiger partial charge in [0, 0.05) is 17.7 Å². The van der Waals surface area contributed by atoms with Crippen molar-refractivity contribution in [1.82, 2.24) is 9.97 Å². The predicted molar refractivity (Wildman–Crippen MR) is 123 cm³/mol. The van der Waals surface area contributed by atoms with Gasteiger partial charge in [0.05, 0.1) is 11.6 Å². The molecule has 1 aromatic heterocycles. The van der Waals surface area contributed by atoms with Crippen molar-refractivity contribution in [3.8, 4) is 17.0 Å². The molecule has 1 heterocycles. The van der Waals surface area contributed by atoms with E-state index in [0.29, 0.717) is 25.1 Å². The molecule has 0 bridgehead atoms. The van der Waals surface area contributed by atoms with E-state index in [9.17, 15) is 9.90 Å². The summed E-state index contributed by atoms with van der Waals surface area (Å²) in [5.41, 5.74) is 4.51. The summed E-state index contributed by atoms with van der Waals surface area (Å²) in [6, 6.07) is 29.3. The SMILES string of the molecule is O=C(O)[C@H](Cc1ccccc1)Cc1cc(-c2ccc(OCc3ccccc3)cc2)ncn1. The van der Waals surface area contributed by atoms with E-state index in [1.54, 1.807) is 0 Å². The van der Waals surface area contributed by atoms with Crippen molar-refractivity contribution >= 4 is 5.97 Å². The zero-order valence-electron chi connectivity index (χ0n) is 17.6. The van der Waals surface area contributed by atoms with Crippen molar-refractivity contribution < 1.29 is 14.6 Å². The third kappa shape index (κ3) is 5.79. The largest absolute Gasteiger partial charge is 0.489 e. The van der Waals surface area contributed by atoms with Crippen LogP contribution in [-0.2, 0) is 24.2 Å². The predicted octanol–water partition coefficient (Wildman–Crippen LogP) is 5.21. The van der Waals surface area contributed by atoms with E-state index in [-0.39, 0.29) is 0 Å². The summed E-state index contributed by atoms with van der Waals surface area (Å²) in [5, 5.41) is 9.69. The van der Waals surface area contributed by atoms with Gasteiger partial charge in [0.25, 0.3) is 0 Å². The molecular formula is C27H24N2O3. The van der Waals surface area contributed by atoms with Crippen LogP contribution in [-0.4, -0.2) is 21.0 Å². The Kier molecular flexibility index (Phi) is 6.88. The van der Waals surface area contributed by atoms with Crippen LogP contribution in [0.15, 0.2) is 97.3 Å². The van der Waals surface area contributed by atoms with E-state index in [1.165, 1.54) is 6.33 Å². The highest BCUT2D eigenvalue weighted by molar-refractivity contribution is 5.71. The van der Waals surface area contributed by atoms with Crippen molar-refractivity contribution in [1.29, 1.82) is 0 Å². The molecule has 4 aromatic rings. The Morgan fingerprint density at radius 1 is 0.812 bits per heavy atom. The number of benzene rings is 3. The molecule has 1 N–H and O–H groups in total. The van der Waals surface area contributed by atoms with Crippen LogP contribution >= 0.6 is 0 Å². The molecule has 0 fully saturated rings. The van der Waals surface area contributed by atoms with E-state index in [4.69, 9.17) is 4.74 Å². The summed E-state index contributed by atoms with van der Waals surface area (Å²) in [6.07, 6.45) is 2.30. The molecule has 5 heteroatoms. The first-order chi connectivity index (χ1) is 15.7. The van der Waals surface area contributed by atoms with Crippen molar-refractivity contribution in [3.63, 3.8) is 0 Å². The lowest BCUT2D eigenvalue weighted by Gasteiger charge is -2.13. The maximum absolute atomic E-state index is 11.8. The second-order valence-corrected chi connectivity index (χ2v) is 7.62. The van der Waals surface area contributed by atoms with Crippen molar-refractivity contribution in [3.05, 3.63) is 114 Å². The molecule has 0 saturated carbocycles. The van der Waals surface area contributed by atoms with Crippen LogP contribution < -0.4 is 4.74 Å². The molecule has 0 aliphatic heterocycles. The number of carboxylic acid groups (broad SMARTS) is 1. The summed E-state index contributed by atoms with van der Waals surface area (Å²) in [6.45, 7) is 0.510. The van der Waals surface area contributed by atoms with Gasteiger partial charge in [-0.15, -0.1) is 0 Å². The summed E-state index contributed by atoms with van der Waals surface area (Å²) >= 11 is 0. The van der Waals surface area contributed by atoms with Gasteiger partial charge in [-0.25, -0.2) is 9.97 Å². The minimum Gasteiger partial charge on any atom is -0.489 e. The average molecular weight is 425 g/mol. The smallest absolute Gasteiger partial charge is 0.307 e. The van der Waals surface area contributed by atoms with Gasteiger partial charge in [-0.1, -0.05) is 60.7 Å². The van der Waals surface area contributed by atoms with Gasteiger partial charge in [-0.3, -0.25) is 4.79 Å². The molecule has 1 atom stereocenters. The summed E-state index contributed by atoms with van der Waals surface area (Å²) in [5.74, 6) is -0.594. The van der Waals surface area contributed by atoms with Crippen LogP contribution in [0, 0.1) is 5.92 Å². The van der Waals surface area contributed by atoms with Gasteiger partial charge in [-0.05, 0) is 47.9 Å². The van der Waals surface area contributed by atoms with E-state index in [0.717, 1.165) is 28.1 Å². The molecule has 0 spiro atoms. The molecule has 4 rings (SSSR count). The molecule has 32 heavy (non-hydrogen) atoms. The fraction of sp³-hybridized carbons (Fsp3) is 0.148. The Labute approximate surface area is 187 Å². The number of aliphatic carboxylic acids is 1. The number of aromatic nitrogens is 2. The highest BCUT2D eigenvalue weighted by Crippen LogP contribution is 2.23. The van der Waals surface area contributed by atoms with Gasteiger partial charge in [0.15, 0.2) is 0 Å². The van der Waals surface area contributed by atoms with Gasteiger partial charge in [-0.2, -0.15) is 0 Å². The number of rotatable bonds is 9. The van der Waals surface area contributed by atoms with Crippen LogP contribution in [0.3, 0.4) is 0 Å². The molecule has 160 valence electrons. The maximum Gasteiger partial charge on any atom is 0.307 e. The van der Waals surface area contributed by atoms with Crippen LogP contribution in [0.1, 0.15) is 16.8 Å². The van der Waals surface area contributed by atoms with Gasteiger partial charge >= 0.3 is 5.97 Å². The van der Waals surface area contributed by atoms with Crippen molar-refractivity contribution in [2.75, 3.05) is 0 Å². The fourth-order valence-electron chi connectivity index (χ4n) is 3.53. The van der Waals surface area contributed by atoms with Crippen LogP contribution in [0.25, 0.3) is 11.3 Å². The standard InChI is InChI=1S/C27H24N2O3/c30-27(31)23(15-20-7-3-1-4-8-20)16-24-17-26(29-19-28-24)22-11-13-25(14-12-22)32-18-21-9-5-2-6-10-21/h1-14,17,19,23H,15-16,18H2,(H,30,31)/t23-/m1/s1. The molecular weight excluding hydrogens is 400 g/mol. The molecule has 3 aromatic carbocycles. The lowest BCUT2D eigenvalue weighted by molar-refractivity contribution is -0.141. The third-order valence-corrected chi connectivity index (χ3v) is 5.25. The maximum atomic E-state index is 11.8. The fourth-order valence-corrected chi connectivity index (χ4v) is 3.53. The monoisotopic (exact) mass is 424 g/mol. The van der Waals surface area contributed by atoms with Crippen LogP contribution in [0.4, 0.5) is 0 Å². The summed E-state index contributed by atoms with van der Waals surface area (Å²) in [4.78, 5) is 20.5. The normalized spacial score (nSPS) is 11.6. The number of hydrogen-bond acceptors (Lipinski definition) is 4. The zero-order chi connectivity index (χ0) is 22.2. The van der Waals surface area contributed by atoms with E-state index >= 15 is 0 Å². The Morgan fingerprint density at radius 3 is 2.12 bits per heavy atom. The minimum absolute atomic E-state index is 0.345. The number of ether oxygens (including phenoxy) is 1. The lowest BCUT2D eigenvalue weighted by Crippen LogP contribution is -2.19. The molecule has 0 aliphatic rings. The first kappa shape index (κ1) is 21.2. The average Bonchev–Trinajstić information content (AvgIpc) is 2.84. The van der Waals surface area contributed by atoms with Gasteiger partial charge in [0.2, 0.25) is 0 Å². The Balaban J connectivity index is 1.43. The Morgan fingerprint density at radius 2 is 1.47 bits per heavy atom. The highest BCUT2D eigenvalue weighted by Gasteiger charge is 2.19. The Bertz CT molecular complexity index is 1150. The second-order valence-electron chi connectivity index (χ2n) is 7.62. The van der Waals surface area contributed by atoms with E-state index in [1.807, 2.05) is 91.0 Å². The molecule has 5 nitrogen and oxygen atoms in total. The lowest BCUT2D eigenvalue weighted by atomic mass is 9.94. The molecule has 0 radical (unpaired) electrons. The highest BCUT2D eigenvalue weighted by atomic mass is 16.5. The van der Waals surface area contributed by atoms with Crippen LogP contribution in [0.2, 0.25) is 0 Å². The topological polar surface area (TPSA) is 72.3 Å². The summed E-state index contributed by atoms with van der Waals surface area (Å²) in [7, 11) is 0. The van der Waals surface area contributed by atoms with E-state index in [2.05, 4.69) is 9.97 Å². The van der Waals surface area contributed by atoms with Crippen molar-refractivity contribution in [2.24, 2.45) is 5.92 Å². The Hall–Kier alpha value is -3.99.